The largest absolute Gasteiger partial charge is 0.464 e. The minimum Gasteiger partial charge on any atom is -0.464 e. The summed E-state index contributed by atoms with van der Waals surface area (Å²) in [5.74, 6) is 0.956. The zero-order chi connectivity index (χ0) is 18.5. The van der Waals surface area contributed by atoms with Gasteiger partial charge in [0.15, 0.2) is 0 Å². The molecule has 6 nitrogen and oxygen atoms in total. The Morgan fingerprint density at radius 2 is 1.85 bits per heavy atom. The third kappa shape index (κ3) is 4.16. The maximum Gasteiger partial charge on any atom is 0.257 e. The summed E-state index contributed by atoms with van der Waals surface area (Å²) in [6, 6.07) is 13.6. The van der Waals surface area contributed by atoms with Crippen LogP contribution in [-0.2, 0) is 0 Å². The van der Waals surface area contributed by atoms with Crippen LogP contribution in [0.15, 0.2) is 65.3 Å². The fourth-order valence-corrected chi connectivity index (χ4v) is 2.48. The van der Waals surface area contributed by atoms with E-state index in [1.807, 2.05) is 26.0 Å². The van der Waals surface area contributed by atoms with E-state index in [2.05, 4.69) is 15.6 Å². The Kier molecular flexibility index (Phi) is 5.12. The quantitative estimate of drug-likeness (QED) is 0.735. The number of hydrogen-bond donors (Lipinski definition) is 2. The van der Waals surface area contributed by atoms with Crippen molar-refractivity contribution in [2.75, 3.05) is 5.32 Å². The van der Waals surface area contributed by atoms with Gasteiger partial charge >= 0.3 is 0 Å². The van der Waals surface area contributed by atoms with Crippen molar-refractivity contribution >= 4 is 17.5 Å². The van der Waals surface area contributed by atoms with Gasteiger partial charge in [0.05, 0.1) is 11.6 Å². The van der Waals surface area contributed by atoms with Gasteiger partial charge in [-0.2, -0.15) is 0 Å². The average molecular weight is 349 g/mol. The van der Waals surface area contributed by atoms with Gasteiger partial charge in [0.1, 0.15) is 11.5 Å². The zero-order valence-corrected chi connectivity index (χ0v) is 14.5. The molecule has 3 aromatic rings. The van der Waals surface area contributed by atoms with Gasteiger partial charge in [-0.3, -0.25) is 14.6 Å². The molecular formula is C20H19N3O3. The van der Waals surface area contributed by atoms with E-state index in [1.165, 1.54) is 6.20 Å². The number of anilines is 1. The smallest absolute Gasteiger partial charge is 0.257 e. The van der Waals surface area contributed by atoms with Crippen molar-refractivity contribution in [2.45, 2.75) is 19.9 Å². The van der Waals surface area contributed by atoms with Crippen LogP contribution in [0, 0.1) is 6.92 Å². The number of hydrogen-bond acceptors (Lipinski definition) is 4. The summed E-state index contributed by atoms with van der Waals surface area (Å²) >= 11 is 0. The van der Waals surface area contributed by atoms with Crippen molar-refractivity contribution in [3.05, 3.63) is 83.6 Å². The van der Waals surface area contributed by atoms with E-state index in [0.717, 1.165) is 5.76 Å². The van der Waals surface area contributed by atoms with Gasteiger partial charge in [-0.05, 0) is 56.3 Å². The molecule has 1 atom stereocenters. The standard InChI is InChI=1S/C20H19N3O3/c1-13-8-9-18(26-13)14(2)22-19(24)15-5-3-7-17(11-15)23-20(25)16-6-4-10-21-12-16/h3-12,14H,1-2H3,(H,22,24)(H,23,25). The lowest BCUT2D eigenvalue weighted by Crippen LogP contribution is -2.26. The van der Waals surface area contributed by atoms with Crippen LogP contribution in [0.2, 0.25) is 0 Å². The van der Waals surface area contributed by atoms with Gasteiger partial charge < -0.3 is 15.1 Å². The number of furan rings is 1. The summed E-state index contributed by atoms with van der Waals surface area (Å²) in [4.78, 5) is 28.6. The van der Waals surface area contributed by atoms with Crippen LogP contribution in [0.3, 0.4) is 0 Å². The minimum atomic E-state index is -0.282. The Bertz CT molecular complexity index is 919. The normalized spacial score (nSPS) is 11.6. The Labute approximate surface area is 151 Å². The molecular weight excluding hydrogens is 330 g/mol. The number of nitrogens with zero attached hydrogens (tertiary/aromatic N) is 1. The molecule has 6 heteroatoms. The van der Waals surface area contributed by atoms with Crippen LogP contribution < -0.4 is 10.6 Å². The van der Waals surface area contributed by atoms with Crippen molar-refractivity contribution < 1.29 is 14.0 Å². The predicted octanol–water partition coefficient (Wildman–Crippen LogP) is 3.73. The van der Waals surface area contributed by atoms with Gasteiger partial charge in [-0.15, -0.1) is 0 Å². The third-order valence-corrected chi connectivity index (χ3v) is 3.84. The molecule has 2 amide bonds. The summed E-state index contributed by atoms with van der Waals surface area (Å²) < 4.78 is 5.53. The van der Waals surface area contributed by atoms with E-state index in [4.69, 9.17) is 4.42 Å². The third-order valence-electron chi connectivity index (χ3n) is 3.84. The van der Waals surface area contributed by atoms with Gasteiger partial charge in [0, 0.05) is 23.6 Å². The number of pyridine rings is 1. The second-order valence-electron chi connectivity index (χ2n) is 5.92. The summed E-state index contributed by atoms with van der Waals surface area (Å²) in [5, 5.41) is 5.65. The molecule has 2 heterocycles. The lowest BCUT2D eigenvalue weighted by Gasteiger charge is -2.12. The topological polar surface area (TPSA) is 84.2 Å². The lowest BCUT2D eigenvalue weighted by molar-refractivity contribution is 0.0934. The SMILES string of the molecule is Cc1ccc(C(C)NC(=O)c2cccc(NC(=O)c3cccnc3)c2)o1. The molecule has 0 aliphatic heterocycles. The number of rotatable bonds is 5. The van der Waals surface area contributed by atoms with E-state index in [-0.39, 0.29) is 17.9 Å². The number of amides is 2. The molecule has 0 aliphatic carbocycles. The second-order valence-corrected chi connectivity index (χ2v) is 5.92. The zero-order valence-electron chi connectivity index (χ0n) is 14.5. The summed E-state index contributed by atoms with van der Waals surface area (Å²) in [6.07, 6.45) is 3.09. The molecule has 2 aromatic heterocycles. The number of carbonyl (C=O) groups excluding carboxylic acids is 2. The lowest BCUT2D eigenvalue weighted by atomic mass is 10.1. The minimum absolute atomic E-state index is 0.246. The van der Waals surface area contributed by atoms with E-state index in [1.54, 1.807) is 42.6 Å². The highest BCUT2D eigenvalue weighted by atomic mass is 16.3. The van der Waals surface area contributed by atoms with Gasteiger partial charge in [-0.1, -0.05) is 6.07 Å². The van der Waals surface area contributed by atoms with E-state index >= 15 is 0 Å². The summed E-state index contributed by atoms with van der Waals surface area (Å²) in [7, 11) is 0. The number of benzene rings is 1. The van der Waals surface area contributed by atoms with E-state index < -0.39 is 0 Å². The molecule has 132 valence electrons. The Morgan fingerprint density at radius 3 is 2.54 bits per heavy atom. The monoisotopic (exact) mass is 349 g/mol. The first-order chi connectivity index (χ1) is 12.5. The molecule has 2 N–H and O–H groups in total. The molecule has 0 saturated heterocycles. The predicted molar refractivity (Wildman–Crippen MR) is 98.0 cm³/mol. The van der Waals surface area contributed by atoms with Crippen LogP contribution in [0.1, 0.15) is 45.2 Å². The number of aromatic nitrogens is 1. The molecule has 0 saturated carbocycles. The number of aryl methyl sites for hydroxylation is 1. The summed E-state index contributed by atoms with van der Waals surface area (Å²) in [6.45, 7) is 3.71. The van der Waals surface area contributed by atoms with Crippen LogP contribution in [0.4, 0.5) is 5.69 Å². The van der Waals surface area contributed by atoms with Crippen LogP contribution in [0.25, 0.3) is 0 Å². The van der Waals surface area contributed by atoms with Gasteiger partial charge in [0.2, 0.25) is 0 Å². The number of nitrogens with one attached hydrogen (secondary N) is 2. The van der Waals surface area contributed by atoms with E-state index in [9.17, 15) is 9.59 Å². The Morgan fingerprint density at radius 1 is 1.04 bits per heavy atom. The average Bonchev–Trinajstić information content (AvgIpc) is 3.09. The highest BCUT2D eigenvalue weighted by molar-refractivity contribution is 6.04. The molecule has 26 heavy (non-hydrogen) atoms. The van der Waals surface area contributed by atoms with Gasteiger partial charge in [-0.25, -0.2) is 0 Å². The fourth-order valence-electron chi connectivity index (χ4n) is 2.48. The fraction of sp³-hybridized carbons (Fsp3) is 0.150. The van der Waals surface area contributed by atoms with Gasteiger partial charge in [0.25, 0.3) is 11.8 Å². The maximum absolute atomic E-state index is 12.5. The molecule has 0 bridgehead atoms. The molecule has 1 aromatic carbocycles. The Hall–Kier alpha value is -3.41. The molecule has 1 unspecified atom stereocenters. The van der Waals surface area contributed by atoms with Crippen molar-refractivity contribution in [1.82, 2.24) is 10.3 Å². The van der Waals surface area contributed by atoms with Crippen LogP contribution in [-0.4, -0.2) is 16.8 Å². The molecule has 0 radical (unpaired) electrons. The summed E-state index contributed by atoms with van der Waals surface area (Å²) in [5.41, 5.74) is 1.43. The maximum atomic E-state index is 12.5. The molecule has 0 spiro atoms. The van der Waals surface area contributed by atoms with Crippen LogP contribution >= 0.6 is 0 Å². The van der Waals surface area contributed by atoms with Crippen LogP contribution in [0.5, 0.6) is 0 Å². The van der Waals surface area contributed by atoms with Crippen molar-refractivity contribution in [2.24, 2.45) is 0 Å². The van der Waals surface area contributed by atoms with Crippen molar-refractivity contribution in [3.8, 4) is 0 Å². The van der Waals surface area contributed by atoms with E-state index in [0.29, 0.717) is 22.6 Å². The second kappa shape index (κ2) is 7.65. The highest BCUT2D eigenvalue weighted by Gasteiger charge is 2.15. The molecule has 0 aliphatic rings. The number of carbonyl (C=O) groups is 2. The first-order valence-electron chi connectivity index (χ1n) is 8.21. The molecule has 3 rings (SSSR count). The molecule has 0 fully saturated rings. The van der Waals surface area contributed by atoms with Crippen molar-refractivity contribution in [3.63, 3.8) is 0 Å². The highest BCUT2D eigenvalue weighted by Crippen LogP contribution is 2.17. The first kappa shape index (κ1) is 17.4. The first-order valence-corrected chi connectivity index (χ1v) is 8.21. The van der Waals surface area contributed by atoms with Crippen molar-refractivity contribution in [1.29, 1.82) is 0 Å². The Balaban J connectivity index is 1.68.